The van der Waals surface area contributed by atoms with Gasteiger partial charge >= 0.3 is 0 Å². The third kappa shape index (κ3) is 2.89. The highest BCUT2D eigenvalue weighted by Crippen LogP contribution is 2.16. The molecule has 1 aromatic carbocycles. The van der Waals surface area contributed by atoms with Gasteiger partial charge in [-0.05, 0) is 18.1 Å². The zero-order chi connectivity index (χ0) is 11.2. The Hall–Kier alpha value is -1.70. The first kappa shape index (κ1) is 10.8. The van der Waals surface area contributed by atoms with Crippen LogP contribution in [0.25, 0.3) is 0 Å². The fourth-order valence-electron chi connectivity index (χ4n) is 1.75. The van der Waals surface area contributed by atoms with Crippen LogP contribution in [-0.4, -0.2) is 6.61 Å². The van der Waals surface area contributed by atoms with Crippen LogP contribution in [0.15, 0.2) is 53.9 Å². The summed E-state index contributed by atoms with van der Waals surface area (Å²) in [6.07, 6.45) is 6.90. The van der Waals surface area contributed by atoms with Crippen LogP contribution in [0.2, 0.25) is 0 Å². The zero-order valence-electron chi connectivity index (χ0n) is 9.36. The summed E-state index contributed by atoms with van der Waals surface area (Å²) in [6, 6.07) is 10.3. The van der Waals surface area contributed by atoms with Crippen molar-refractivity contribution in [3.8, 4) is 0 Å². The van der Waals surface area contributed by atoms with Gasteiger partial charge in [0, 0.05) is 12.8 Å². The summed E-state index contributed by atoms with van der Waals surface area (Å²) in [5.74, 6) is 0.943. The largest absolute Gasteiger partial charge is 0.495 e. The van der Waals surface area contributed by atoms with E-state index in [2.05, 4.69) is 18.2 Å². The van der Waals surface area contributed by atoms with Gasteiger partial charge in [-0.3, -0.25) is 0 Å². The first-order valence-corrected chi connectivity index (χ1v) is 5.68. The molecule has 1 aliphatic rings. The van der Waals surface area contributed by atoms with Crippen molar-refractivity contribution in [1.29, 1.82) is 0 Å². The van der Waals surface area contributed by atoms with Crippen molar-refractivity contribution < 1.29 is 4.74 Å². The lowest BCUT2D eigenvalue weighted by atomic mass is 10.1. The van der Waals surface area contributed by atoms with Crippen LogP contribution in [-0.2, 0) is 11.2 Å². The fraction of sp³-hybridized carbons (Fsp3) is 0.286. The maximum atomic E-state index is 5.83. The van der Waals surface area contributed by atoms with Crippen molar-refractivity contribution in [3.63, 3.8) is 0 Å². The number of hydrogen-bond acceptors (Lipinski definition) is 2. The maximum Gasteiger partial charge on any atom is 0.119 e. The fourth-order valence-corrected chi connectivity index (χ4v) is 1.75. The van der Waals surface area contributed by atoms with Gasteiger partial charge in [0.25, 0.3) is 0 Å². The molecule has 1 aliphatic carbocycles. The Balaban J connectivity index is 1.82. The summed E-state index contributed by atoms with van der Waals surface area (Å²) >= 11 is 0. The number of nitrogens with two attached hydrogens (primary N) is 1. The quantitative estimate of drug-likeness (QED) is 0.838. The molecule has 0 aromatic heterocycles. The van der Waals surface area contributed by atoms with Crippen LogP contribution in [0.5, 0.6) is 0 Å². The summed E-state index contributed by atoms with van der Waals surface area (Å²) in [5, 5.41) is 0. The summed E-state index contributed by atoms with van der Waals surface area (Å²) in [4.78, 5) is 0. The van der Waals surface area contributed by atoms with E-state index in [0.29, 0.717) is 6.61 Å². The molecule has 2 heteroatoms. The molecule has 0 saturated heterocycles. The lowest BCUT2D eigenvalue weighted by Crippen LogP contribution is -2.08. The minimum atomic E-state index is 0.702. The summed E-state index contributed by atoms with van der Waals surface area (Å²) in [7, 11) is 0. The van der Waals surface area contributed by atoms with Gasteiger partial charge in [0.1, 0.15) is 5.76 Å². The second kappa shape index (κ2) is 5.40. The monoisotopic (exact) mass is 215 g/mol. The van der Waals surface area contributed by atoms with Gasteiger partial charge in [-0.15, -0.1) is 0 Å². The molecule has 0 saturated carbocycles. The molecular formula is C14H17NO. The molecule has 2 nitrogen and oxygen atoms in total. The van der Waals surface area contributed by atoms with Gasteiger partial charge in [-0.1, -0.05) is 36.4 Å². The molecule has 0 aliphatic heterocycles. The van der Waals surface area contributed by atoms with E-state index in [9.17, 15) is 0 Å². The van der Waals surface area contributed by atoms with Gasteiger partial charge in [0.15, 0.2) is 0 Å². The lowest BCUT2D eigenvalue weighted by molar-refractivity contribution is 0.202. The highest BCUT2D eigenvalue weighted by atomic mass is 16.5. The Kier molecular flexibility index (Phi) is 3.65. The average molecular weight is 215 g/mol. The number of benzene rings is 1. The molecule has 0 radical (unpaired) electrons. The molecule has 2 rings (SSSR count). The Labute approximate surface area is 96.4 Å². The maximum absolute atomic E-state index is 5.83. The van der Waals surface area contributed by atoms with E-state index < -0.39 is 0 Å². The second-order valence-corrected chi connectivity index (χ2v) is 3.90. The Morgan fingerprint density at radius 1 is 1.19 bits per heavy atom. The Bertz CT molecular complexity index is 392. The van der Waals surface area contributed by atoms with Crippen molar-refractivity contribution in [2.45, 2.75) is 19.3 Å². The van der Waals surface area contributed by atoms with Gasteiger partial charge in [-0.2, -0.15) is 0 Å². The van der Waals surface area contributed by atoms with Gasteiger partial charge < -0.3 is 10.5 Å². The second-order valence-electron chi connectivity index (χ2n) is 3.90. The van der Waals surface area contributed by atoms with Crippen LogP contribution in [0.4, 0.5) is 0 Å². The van der Waals surface area contributed by atoms with E-state index in [-0.39, 0.29) is 0 Å². The molecule has 1 aromatic rings. The summed E-state index contributed by atoms with van der Waals surface area (Å²) < 4.78 is 5.70. The van der Waals surface area contributed by atoms with Crippen molar-refractivity contribution in [2.75, 3.05) is 6.61 Å². The number of ether oxygens (including phenoxy) is 1. The van der Waals surface area contributed by atoms with E-state index in [1.54, 1.807) is 0 Å². The van der Waals surface area contributed by atoms with E-state index in [1.807, 2.05) is 24.3 Å². The Morgan fingerprint density at radius 2 is 2.00 bits per heavy atom. The lowest BCUT2D eigenvalue weighted by Gasteiger charge is -2.14. The third-order valence-electron chi connectivity index (χ3n) is 2.67. The number of rotatable bonds is 4. The molecule has 84 valence electrons. The normalized spacial score (nSPS) is 15.2. The van der Waals surface area contributed by atoms with Crippen LogP contribution in [0.1, 0.15) is 18.4 Å². The third-order valence-corrected chi connectivity index (χ3v) is 2.67. The van der Waals surface area contributed by atoms with E-state index in [0.717, 1.165) is 30.7 Å². The van der Waals surface area contributed by atoms with Gasteiger partial charge in [0.05, 0.1) is 12.3 Å². The molecule has 2 N–H and O–H groups in total. The minimum absolute atomic E-state index is 0.702. The molecule has 0 amide bonds. The van der Waals surface area contributed by atoms with Crippen LogP contribution in [0, 0.1) is 0 Å². The van der Waals surface area contributed by atoms with Crippen LogP contribution >= 0.6 is 0 Å². The predicted molar refractivity (Wildman–Crippen MR) is 65.7 cm³/mol. The van der Waals surface area contributed by atoms with Gasteiger partial charge in [-0.25, -0.2) is 0 Å². The van der Waals surface area contributed by atoms with Gasteiger partial charge in [0.2, 0.25) is 0 Å². The average Bonchev–Trinajstić information content (AvgIpc) is 2.33. The van der Waals surface area contributed by atoms with Crippen LogP contribution in [0.3, 0.4) is 0 Å². The number of allylic oxidation sites excluding steroid dienone is 3. The van der Waals surface area contributed by atoms with E-state index >= 15 is 0 Å². The molecular weight excluding hydrogens is 198 g/mol. The Morgan fingerprint density at radius 3 is 2.75 bits per heavy atom. The highest BCUT2D eigenvalue weighted by molar-refractivity contribution is 5.23. The minimum Gasteiger partial charge on any atom is -0.495 e. The molecule has 0 heterocycles. The first-order valence-electron chi connectivity index (χ1n) is 5.68. The number of hydrogen-bond donors (Lipinski definition) is 1. The van der Waals surface area contributed by atoms with Crippen molar-refractivity contribution in [3.05, 3.63) is 59.5 Å². The SMILES string of the molecule is NC1=C(OCCc2ccccc2)CCC=C1. The standard InChI is InChI=1S/C14H17NO/c15-13-8-4-5-9-14(13)16-11-10-12-6-2-1-3-7-12/h1-4,6-8H,5,9-11,15H2. The molecule has 16 heavy (non-hydrogen) atoms. The summed E-state index contributed by atoms with van der Waals surface area (Å²) in [6.45, 7) is 0.702. The topological polar surface area (TPSA) is 35.2 Å². The van der Waals surface area contributed by atoms with Crippen molar-refractivity contribution in [1.82, 2.24) is 0 Å². The van der Waals surface area contributed by atoms with Crippen molar-refractivity contribution >= 4 is 0 Å². The predicted octanol–water partition coefficient (Wildman–Crippen LogP) is 2.77. The summed E-state index contributed by atoms with van der Waals surface area (Å²) in [5.41, 5.74) is 7.90. The smallest absolute Gasteiger partial charge is 0.119 e. The van der Waals surface area contributed by atoms with Crippen LogP contribution < -0.4 is 5.73 Å². The molecule has 0 atom stereocenters. The molecule has 0 bridgehead atoms. The molecule has 0 unspecified atom stereocenters. The van der Waals surface area contributed by atoms with E-state index in [4.69, 9.17) is 10.5 Å². The van der Waals surface area contributed by atoms with E-state index in [1.165, 1.54) is 5.56 Å². The highest BCUT2D eigenvalue weighted by Gasteiger charge is 2.06. The molecule has 0 fully saturated rings. The van der Waals surface area contributed by atoms with Crippen molar-refractivity contribution in [2.24, 2.45) is 5.73 Å². The molecule has 0 spiro atoms. The first-order chi connectivity index (χ1) is 7.86. The zero-order valence-corrected chi connectivity index (χ0v) is 9.36.